The number of rotatable bonds is 10. The van der Waals surface area contributed by atoms with Gasteiger partial charge >= 0.3 is 6.09 Å². The monoisotopic (exact) mass is 498 g/mol. The minimum absolute atomic E-state index is 0.207. The third-order valence-corrected chi connectivity index (χ3v) is 7.64. The number of nitrogens with zero attached hydrogens (tertiary/aromatic N) is 3. The van der Waals surface area contributed by atoms with E-state index in [1.54, 1.807) is 7.11 Å². The second kappa shape index (κ2) is 12.1. The van der Waals surface area contributed by atoms with Crippen molar-refractivity contribution in [3.63, 3.8) is 0 Å². The fourth-order valence-electron chi connectivity index (χ4n) is 5.87. The number of ether oxygens (including phenoxy) is 4. The van der Waals surface area contributed by atoms with Crippen molar-refractivity contribution in [3.05, 3.63) is 42.1 Å². The molecule has 9 nitrogen and oxygen atoms in total. The highest BCUT2D eigenvalue weighted by molar-refractivity contribution is 5.86. The van der Waals surface area contributed by atoms with Gasteiger partial charge in [0.05, 0.1) is 32.1 Å². The Kier molecular flexibility index (Phi) is 8.40. The van der Waals surface area contributed by atoms with E-state index in [1.807, 2.05) is 41.2 Å². The maximum atomic E-state index is 12.5. The molecule has 1 aromatic heterocycles. The van der Waals surface area contributed by atoms with Gasteiger partial charge in [0, 0.05) is 38.3 Å². The summed E-state index contributed by atoms with van der Waals surface area (Å²) in [6.45, 7) is 3.04. The highest BCUT2D eigenvalue weighted by Gasteiger charge is 2.42. The molecule has 1 N–H and O–H groups in total. The number of amides is 1. The number of carbonyl (C=O) groups is 1. The molecule has 2 aromatic rings. The Balaban J connectivity index is 1.20. The van der Waals surface area contributed by atoms with Crippen LogP contribution >= 0.6 is 0 Å². The lowest BCUT2D eigenvalue weighted by Gasteiger charge is -2.43. The number of fused-ring (bicyclic) bond motifs is 2. The number of nitrogens with one attached hydrogen (secondary N) is 1. The Morgan fingerprint density at radius 2 is 1.69 bits per heavy atom. The first-order valence-electron chi connectivity index (χ1n) is 13.2. The standard InChI is InChI=1S/C27H38N4O5/c1-33-14-5-15-35-26-25(28-27(32)36-17-20-6-3-2-4-7-20)16-30(29-26)21-8-10-22(11-9-21)31-23-12-13-24(31)19-34-18-23/h2-4,6-7,16,21-24H,5,8-15,17-19H2,1H3,(H,28,32)/t21?,22?,23-,24+. The van der Waals surface area contributed by atoms with E-state index in [1.165, 1.54) is 12.8 Å². The summed E-state index contributed by atoms with van der Waals surface area (Å²) in [4.78, 5) is 15.3. The number of hydrogen-bond acceptors (Lipinski definition) is 7. The molecule has 2 bridgehead atoms. The Morgan fingerprint density at radius 3 is 2.42 bits per heavy atom. The predicted molar refractivity (Wildman–Crippen MR) is 135 cm³/mol. The molecule has 5 rings (SSSR count). The fourth-order valence-corrected chi connectivity index (χ4v) is 5.87. The van der Waals surface area contributed by atoms with Crippen LogP contribution in [0, 0.1) is 0 Å². The van der Waals surface area contributed by atoms with Crippen LogP contribution in [0.25, 0.3) is 0 Å². The third-order valence-electron chi connectivity index (χ3n) is 7.64. The molecule has 1 amide bonds. The minimum atomic E-state index is -0.522. The molecule has 2 aliphatic heterocycles. The van der Waals surface area contributed by atoms with Crippen molar-refractivity contribution in [1.29, 1.82) is 0 Å². The zero-order valence-electron chi connectivity index (χ0n) is 21.1. The van der Waals surface area contributed by atoms with Crippen LogP contribution in [-0.4, -0.2) is 72.4 Å². The molecule has 1 aliphatic carbocycles. The zero-order chi connectivity index (χ0) is 24.7. The molecule has 3 fully saturated rings. The van der Waals surface area contributed by atoms with Gasteiger partial charge in [-0.15, -0.1) is 5.10 Å². The summed E-state index contributed by atoms with van der Waals surface area (Å²) in [6.07, 6.45) is 9.08. The maximum Gasteiger partial charge on any atom is 0.412 e. The van der Waals surface area contributed by atoms with Gasteiger partial charge in [0.1, 0.15) is 12.3 Å². The Morgan fingerprint density at radius 1 is 1.00 bits per heavy atom. The van der Waals surface area contributed by atoms with E-state index in [2.05, 4.69) is 10.2 Å². The Labute approximate surface area is 213 Å². The first-order valence-corrected chi connectivity index (χ1v) is 13.2. The van der Waals surface area contributed by atoms with E-state index in [4.69, 9.17) is 24.0 Å². The molecule has 2 atom stereocenters. The lowest BCUT2D eigenvalue weighted by molar-refractivity contribution is -0.0458. The van der Waals surface area contributed by atoms with Gasteiger partial charge in [-0.25, -0.2) is 4.79 Å². The molecule has 196 valence electrons. The van der Waals surface area contributed by atoms with E-state index in [9.17, 15) is 4.79 Å². The molecule has 3 aliphatic rings. The molecule has 36 heavy (non-hydrogen) atoms. The second-order valence-electron chi connectivity index (χ2n) is 10.0. The SMILES string of the molecule is COCCCOc1nn(C2CCC(N3[C@@H]4CC[C@H]3COC4)CC2)cc1NC(=O)OCc1ccccc1. The Hall–Kier alpha value is -2.62. The number of aromatic nitrogens is 2. The van der Waals surface area contributed by atoms with Gasteiger partial charge in [0.15, 0.2) is 0 Å². The van der Waals surface area contributed by atoms with Crippen LogP contribution in [0.5, 0.6) is 5.88 Å². The van der Waals surface area contributed by atoms with Gasteiger partial charge in [-0.3, -0.25) is 14.9 Å². The van der Waals surface area contributed by atoms with Crippen LogP contribution in [0.15, 0.2) is 36.5 Å². The van der Waals surface area contributed by atoms with Crippen molar-refractivity contribution < 1.29 is 23.7 Å². The minimum Gasteiger partial charge on any atom is -0.475 e. The third kappa shape index (κ3) is 6.02. The van der Waals surface area contributed by atoms with Crippen molar-refractivity contribution in [2.45, 2.75) is 75.7 Å². The van der Waals surface area contributed by atoms with E-state index < -0.39 is 6.09 Å². The number of hydrogen-bond donors (Lipinski definition) is 1. The summed E-state index contributed by atoms with van der Waals surface area (Å²) in [7, 11) is 1.67. The molecule has 3 heterocycles. The van der Waals surface area contributed by atoms with Crippen molar-refractivity contribution in [2.24, 2.45) is 0 Å². The van der Waals surface area contributed by atoms with Crippen molar-refractivity contribution in [3.8, 4) is 5.88 Å². The van der Waals surface area contributed by atoms with E-state index in [0.29, 0.717) is 42.9 Å². The smallest absolute Gasteiger partial charge is 0.412 e. The van der Waals surface area contributed by atoms with Gasteiger partial charge in [-0.2, -0.15) is 0 Å². The summed E-state index contributed by atoms with van der Waals surface area (Å²) in [6, 6.07) is 11.7. The topological polar surface area (TPSA) is 87.1 Å². The van der Waals surface area contributed by atoms with E-state index >= 15 is 0 Å². The van der Waals surface area contributed by atoms with Gasteiger partial charge < -0.3 is 18.9 Å². The van der Waals surface area contributed by atoms with Gasteiger partial charge in [-0.05, 0) is 44.1 Å². The first-order chi connectivity index (χ1) is 17.7. The first kappa shape index (κ1) is 25.0. The molecule has 9 heteroatoms. The summed E-state index contributed by atoms with van der Waals surface area (Å²) in [5.74, 6) is 0.427. The predicted octanol–water partition coefficient (Wildman–Crippen LogP) is 4.39. The highest BCUT2D eigenvalue weighted by atomic mass is 16.5. The van der Waals surface area contributed by atoms with Crippen molar-refractivity contribution >= 4 is 11.8 Å². The average molecular weight is 499 g/mol. The quantitative estimate of drug-likeness (QED) is 0.486. The summed E-state index contributed by atoms with van der Waals surface area (Å²) < 4.78 is 24.2. The lowest BCUT2D eigenvalue weighted by Crippen LogP contribution is -2.52. The van der Waals surface area contributed by atoms with Crippen LogP contribution < -0.4 is 10.1 Å². The van der Waals surface area contributed by atoms with Crippen LogP contribution in [-0.2, 0) is 20.8 Å². The summed E-state index contributed by atoms with van der Waals surface area (Å²) >= 11 is 0. The zero-order valence-corrected chi connectivity index (χ0v) is 21.1. The van der Waals surface area contributed by atoms with Crippen molar-refractivity contribution in [2.75, 3.05) is 38.9 Å². The molecule has 0 radical (unpaired) electrons. The molecular formula is C27H38N4O5. The van der Waals surface area contributed by atoms with E-state index in [0.717, 1.165) is 50.9 Å². The molecular weight excluding hydrogens is 460 g/mol. The van der Waals surface area contributed by atoms with Crippen LogP contribution in [0.3, 0.4) is 0 Å². The number of carbonyl (C=O) groups excluding carboxylic acids is 1. The fraction of sp³-hybridized carbons (Fsp3) is 0.630. The average Bonchev–Trinajstić information content (AvgIpc) is 3.42. The van der Waals surface area contributed by atoms with Crippen molar-refractivity contribution in [1.82, 2.24) is 14.7 Å². The largest absolute Gasteiger partial charge is 0.475 e. The molecule has 0 unspecified atom stereocenters. The Bertz CT molecular complexity index is 960. The van der Waals surface area contributed by atoms with E-state index in [-0.39, 0.29) is 12.6 Å². The second-order valence-corrected chi connectivity index (χ2v) is 10.0. The molecule has 1 aromatic carbocycles. The molecule has 0 spiro atoms. The van der Waals surface area contributed by atoms with Gasteiger partial charge in [0.25, 0.3) is 5.88 Å². The van der Waals surface area contributed by atoms with Gasteiger partial charge in [-0.1, -0.05) is 30.3 Å². The summed E-state index contributed by atoms with van der Waals surface area (Å²) in [5, 5.41) is 7.57. The summed E-state index contributed by atoms with van der Waals surface area (Å²) in [5.41, 5.74) is 1.48. The number of methoxy groups -OCH3 is 1. The maximum absolute atomic E-state index is 12.5. The number of anilines is 1. The number of morpholine rings is 1. The molecule has 2 saturated heterocycles. The molecule has 1 saturated carbocycles. The van der Waals surface area contributed by atoms with Crippen LogP contribution in [0.4, 0.5) is 10.5 Å². The normalized spacial score (nSPS) is 26.0. The highest BCUT2D eigenvalue weighted by Crippen LogP contribution is 2.39. The lowest BCUT2D eigenvalue weighted by atomic mass is 9.89. The van der Waals surface area contributed by atoms with Gasteiger partial charge in [0.2, 0.25) is 0 Å². The van der Waals surface area contributed by atoms with Crippen LogP contribution in [0.1, 0.15) is 56.6 Å². The number of benzene rings is 1. The van der Waals surface area contributed by atoms with Crippen LogP contribution in [0.2, 0.25) is 0 Å².